The van der Waals surface area contributed by atoms with Gasteiger partial charge in [-0.2, -0.15) is 0 Å². The van der Waals surface area contributed by atoms with Crippen molar-refractivity contribution in [1.82, 2.24) is 0 Å². The number of nitrogens with two attached hydrogens (primary N) is 1. The Morgan fingerprint density at radius 2 is 1.90 bits per heavy atom. The summed E-state index contributed by atoms with van der Waals surface area (Å²) in [5.41, 5.74) is 6.69. The van der Waals surface area contributed by atoms with Crippen molar-refractivity contribution in [2.45, 2.75) is 39.0 Å². The minimum Gasteiger partial charge on any atom is -0.477 e. The van der Waals surface area contributed by atoms with Gasteiger partial charge in [-0.3, -0.25) is 5.41 Å². The molecule has 3 fully saturated rings. The molecule has 5 nitrogen and oxygen atoms in total. The lowest BCUT2D eigenvalue weighted by atomic mass is 10.2. The van der Waals surface area contributed by atoms with Crippen LogP contribution in [0, 0.1) is 22.2 Å². The van der Waals surface area contributed by atoms with E-state index in [1.54, 1.807) is 6.92 Å². The lowest BCUT2D eigenvalue weighted by molar-refractivity contribution is -0.138. The van der Waals surface area contributed by atoms with Crippen molar-refractivity contribution in [2.24, 2.45) is 22.5 Å². The summed E-state index contributed by atoms with van der Waals surface area (Å²) in [6, 6.07) is 0. The lowest BCUT2D eigenvalue weighted by Gasteiger charge is -2.09. The van der Waals surface area contributed by atoms with E-state index < -0.39 is 5.97 Å². The maximum absolute atomic E-state index is 11.6. The molecule has 3 rings (SSSR count). The van der Waals surface area contributed by atoms with E-state index in [1.165, 1.54) is 25.7 Å². The summed E-state index contributed by atoms with van der Waals surface area (Å²) in [4.78, 5) is 11.6. The zero-order chi connectivity index (χ0) is 14.4. The Balaban J connectivity index is 1.44. The van der Waals surface area contributed by atoms with Gasteiger partial charge in [0.1, 0.15) is 5.57 Å². The summed E-state index contributed by atoms with van der Waals surface area (Å²) >= 11 is 0. The molecule has 0 aromatic rings. The van der Waals surface area contributed by atoms with Gasteiger partial charge in [0.25, 0.3) is 0 Å². The van der Waals surface area contributed by atoms with Crippen LogP contribution in [0.1, 0.15) is 39.0 Å². The minimum absolute atomic E-state index is 0.00455. The maximum Gasteiger partial charge on any atom is 0.345 e. The van der Waals surface area contributed by atoms with E-state index in [4.69, 9.17) is 20.6 Å². The van der Waals surface area contributed by atoms with E-state index in [1.807, 2.05) is 0 Å². The quantitative estimate of drug-likeness (QED) is 0.336. The topological polar surface area (TPSA) is 85.4 Å². The molecule has 0 radical (unpaired) electrons. The van der Waals surface area contributed by atoms with E-state index in [-0.39, 0.29) is 18.1 Å². The fourth-order valence-corrected chi connectivity index (χ4v) is 4.16. The van der Waals surface area contributed by atoms with Crippen LogP contribution in [-0.4, -0.2) is 25.1 Å². The largest absolute Gasteiger partial charge is 0.477 e. The van der Waals surface area contributed by atoms with E-state index >= 15 is 0 Å². The number of esters is 1. The van der Waals surface area contributed by atoms with Gasteiger partial charge in [0.2, 0.25) is 5.90 Å². The molecule has 3 aliphatic carbocycles. The first-order valence-electron chi connectivity index (χ1n) is 7.42. The molecule has 20 heavy (non-hydrogen) atoms. The van der Waals surface area contributed by atoms with Crippen LogP contribution in [0.3, 0.4) is 0 Å². The van der Waals surface area contributed by atoms with E-state index in [2.05, 4.69) is 0 Å². The SMILES string of the molecule is CCOC(=O)/C(=C/N)C(=N)OCCC1C2(CC2)C12CC2. The molecule has 0 amide bonds. The molecule has 0 bridgehead atoms. The molecule has 2 spiro atoms. The van der Waals surface area contributed by atoms with E-state index in [9.17, 15) is 4.79 Å². The van der Waals surface area contributed by atoms with Crippen molar-refractivity contribution in [1.29, 1.82) is 5.41 Å². The summed E-state index contributed by atoms with van der Waals surface area (Å²) < 4.78 is 10.2. The zero-order valence-corrected chi connectivity index (χ0v) is 11.9. The third-order valence-electron chi connectivity index (χ3n) is 5.38. The number of fused-ring (bicyclic) bond motifs is 1. The summed E-state index contributed by atoms with van der Waals surface area (Å²) in [7, 11) is 0. The molecule has 0 aromatic heterocycles. The van der Waals surface area contributed by atoms with Crippen LogP contribution < -0.4 is 5.73 Å². The standard InChI is InChI=1S/C15H22N2O3/c1-2-19-13(18)10(9-16)12(17)20-8-3-11-14(4-5-14)15(11)6-7-15/h9,11,17H,2-8,16H2,1H3/b10-9+,17-12?. The smallest absolute Gasteiger partial charge is 0.345 e. The number of hydrogen-bond donors (Lipinski definition) is 2. The summed E-state index contributed by atoms with van der Waals surface area (Å²) in [6.07, 6.45) is 7.60. The molecule has 0 heterocycles. The highest BCUT2D eigenvalue weighted by Gasteiger charge is 2.85. The molecule has 3 saturated carbocycles. The van der Waals surface area contributed by atoms with Crippen molar-refractivity contribution in [2.75, 3.05) is 13.2 Å². The monoisotopic (exact) mass is 278 g/mol. The Kier molecular flexibility index (Phi) is 3.03. The summed E-state index contributed by atoms with van der Waals surface area (Å²) in [5, 5.41) is 7.78. The molecule has 3 aliphatic rings. The first kappa shape index (κ1) is 13.5. The molecule has 0 unspecified atom stereocenters. The molecule has 5 heteroatoms. The van der Waals surface area contributed by atoms with Gasteiger partial charge in [0.05, 0.1) is 13.2 Å². The zero-order valence-electron chi connectivity index (χ0n) is 11.9. The molecular weight excluding hydrogens is 256 g/mol. The van der Waals surface area contributed by atoms with Gasteiger partial charge in [0.15, 0.2) is 0 Å². The number of nitrogens with one attached hydrogen (secondary N) is 1. The van der Waals surface area contributed by atoms with Gasteiger partial charge in [-0.25, -0.2) is 4.79 Å². The van der Waals surface area contributed by atoms with Gasteiger partial charge in [-0.05, 0) is 55.8 Å². The van der Waals surface area contributed by atoms with Crippen molar-refractivity contribution < 1.29 is 14.3 Å². The normalized spacial score (nSPS) is 27.2. The Labute approximate surface area is 119 Å². The molecule has 3 N–H and O–H groups in total. The Bertz CT molecular complexity index is 458. The predicted octanol–water partition coefficient (Wildman–Crippen LogP) is 1.97. The number of carbonyl (C=O) groups is 1. The second-order valence-corrected chi connectivity index (χ2v) is 6.13. The molecule has 0 aliphatic heterocycles. The highest BCUT2D eigenvalue weighted by atomic mass is 16.5. The van der Waals surface area contributed by atoms with Crippen molar-refractivity contribution in [3.05, 3.63) is 11.8 Å². The number of ether oxygens (including phenoxy) is 2. The number of rotatable bonds is 6. The third-order valence-corrected chi connectivity index (χ3v) is 5.38. The van der Waals surface area contributed by atoms with Crippen LogP contribution in [0.5, 0.6) is 0 Å². The first-order chi connectivity index (χ1) is 9.61. The fraction of sp³-hybridized carbons (Fsp3) is 0.733. The molecule has 0 saturated heterocycles. The second kappa shape index (κ2) is 4.50. The number of hydrogen-bond acceptors (Lipinski definition) is 5. The fourth-order valence-electron chi connectivity index (χ4n) is 4.16. The first-order valence-corrected chi connectivity index (χ1v) is 7.42. The van der Waals surface area contributed by atoms with E-state index in [0.29, 0.717) is 17.4 Å². The Morgan fingerprint density at radius 3 is 2.35 bits per heavy atom. The number of carbonyl (C=O) groups excluding carboxylic acids is 1. The maximum atomic E-state index is 11.6. The van der Waals surface area contributed by atoms with Crippen LogP contribution >= 0.6 is 0 Å². The predicted molar refractivity (Wildman–Crippen MR) is 74.0 cm³/mol. The highest BCUT2D eigenvalue weighted by molar-refractivity contribution is 6.15. The van der Waals surface area contributed by atoms with E-state index in [0.717, 1.165) is 18.5 Å². The van der Waals surface area contributed by atoms with Crippen LogP contribution in [0.4, 0.5) is 0 Å². The summed E-state index contributed by atoms with van der Waals surface area (Å²) in [5.74, 6) is 0.0146. The van der Waals surface area contributed by atoms with Gasteiger partial charge in [-0.15, -0.1) is 0 Å². The van der Waals surface area contributed by atoms with Crippen LogP contribution in [0.25, 0.3) is 0 Å². The summed E-state index contributed by atoms with van der Waals surface area (Å²) in [6.45, 7) is 2.47. The molecule has 0 atom stereocenters. The average molecular weight is 278 g/mol. The lowest BCUT2D eigenvalue weighted by Crippen LogP contribution is -2.19. The molecule has 0 aromatic carbocycles. The van der Waals surface area contributed by atoms with Crippen molar-refractivity contribution in [3.63, 3.8) is 0 Å². The van der Waals surface area contributed by atoms with Crippen LogP contribution in [0.2, 0.25) is 0 Å². The molecule has 110 valence electrons. The van der Waals surface area contributed by atoms with Crippen LogP contribution in [0.15, 0.2) is 11.8 Å². The van der Waals surface area contributed by atoms with Gasteiger partial charge in [0, 0.05) is 6.20 Å². The average Bonchev–Trinajstić information content (AvgIpc) is 3.30. The van der Waals surface area contributed by atoms with Gasteiger partial charge < -0.3 is 15.2 Å². The van der Waals surface area contributed by atoms with Crippen molar-refractivity contribution in [3.8, 4) is 0 Å². The Morgan fingerprint density at radius 1 is 1.30 bits per heavy atom. The van der Waals surface area contributed by atoms with Gasteiger partial charge >= 0.3 is 5.97 Å². The highest BCUT2D eigenvalue weighted by Crippen LogP contribution is 2.93. The third kappa shape index (κ3) is 1.83. The van der Waals surface area contributed by atoms with Crippen molar-refractivity contribution >= 4 is 11.9 Å². The Hall–Kier alpha value is -1.52. The second-order valence-electron chi connectivity index (χ2n) is 6.13. The minimum atomic E-state index is -0.594. The van der Waals surface area contributed by atoms with Crippen LogP contribution in [-0.2, 0) is 14.3 Å². The molecular formula is C15H22N2O3. The van der Waals surface area contributed by atoms with Gasteiger partial charge in [-0.1, -0.05) is 0 Å².